The van der Waals surface area contributed by atoms with E-state index < -0.39 is 0 Å². The van der Waals surface area contributed by atoms with E-state index in [0.29, 0.717) is 0 Å². The summed E-state index contributed by atoms with van der Waals surface area (Å²) in [5, 5.41) is 3.43. The first kappa shape index (κ1) is 10.5. The van der Waals surface area contributed by atoms with Crippen molar-refractivity contribution in [1.29, 1.82) is 0 Å². The number of carbonyl (C=O) groups is 1. The minimum atomic E-state index is -0.265. The second-order valence-corrected chi connectivity index (χ2v) is 4.83. The average molecular weight is 222 g/mol. The second kappa shape index (κ2) is 4.24. The molecule has 1 fully saturated rings. The molecule has 0 saturated carbocycles. The van der Waals surface area contributed by atoms with E-state index >= 15 is 0 Å². The van der Waals surface area contributed by atoms with Gasteiger partial charge >= 0.3 is 0 Å². The van der Waals surface area contributed by atoms with Crippen LogP contribution in [0.3, 0.4) is 0 Å². The summed E-state index contributed by atoms with van der Waals surface area (Å²) >= 11 is 1.73. The molecule has 2 rings (SSSR count). The number of primary amides is 1. The van der Waals surface area contributed by atoms with Crippen molar-refractivity contribution in [3.05, 3.63) is 35.4 Å². The molecule has 80 valence electrons. The fourth-order valence-corrected chi connectivity index (χ4v) is 3.05. The second-order valence-electron chi connectivity index (χ2n) is 3.69. The number of rotatable bonds is 2. The number of amides is 1. The normalized spacial score (nSPS) is 25.4. The van der Waals surface area contributed by atoms with Crippen LogP contribution in [0, 0.1) is 6.92 Å². The third-order valence-corrected chi connectivity index (χ3v) is 3.85. The smallest absolute Gasteiger partial charge is 0.235 e. The van der Waals surface area contributed by atoms with Crippen molar-refractivity contribution in [1.82, 2.24) is 5.32 Å². The van der Waals surface area contributed by atoms with Crippen LogP contribution >= 0.6 is 11.8 Å². The van der Waals surface area contributed by atoms with Gasteiger partial charge in [0.1, 0.15) is 0 Å². The van der Waals surface area contributed by atoms with Crippen LogP contribution in [0.5, 0.6) is 0 Å². The molecule has 1 aliphatic heterocycles. The van der Waals surface area contributed by atoms with Gasteiger partial charge in [-0.15, -0.1) is 11.8 Å². The van der Waals surface area contributed by atoms with Gasteiger partial charge in [0.15, 0.2) is 0 Å². The van der Waals surface area contributed by atoms with Crippen LogP contribution in [-0.2, 0) is 4.79 Å². The predicted molar refractivity (Wildman–Crippen MR) is 62.5 cm³/mol. The average Bonchev–Trinajstić information content (AvgIpc) is 2.67. The Hall–Kier alpha value is -1.00. The number of carbonyl (C=O) groups excluding carboxylic acids is 1. The number of hydrogen-bond donors (Lipinski definition) is 2. The maximum absolute atomic E-state index is 11.0. The highest BCUT2D eigenvalue weighted by Gasteiger charge is 2.29. The van der Waals surface area contributed by atoms with E-state index in [2.05, 4.69) is 24.4 Å². The molecule has 0 radical (unpaired) electrons. The predicted octanol–water partition coefficient (Wildman–Crippen LogP) is 1.18. The number of benzene rings is 1. The molecule has 1 heterocycles. The molecule has 1 aliphatic rings. The van der Waals surface area contributed by atoms with E-state index in [1.807, 2.05) is 12.1 Å². The minimum Gasteiger partial charge on any atom is -0.368 e. The van der Waals surface area contributed by atoms with Gasteiger partial charge in [-0.3, -0.25) is 10.1 Å². The highest BCUT2D eigenvalue weighted by Crippen LogP contribution is 2.33. The van der Waals surface area contributed by atoms with Gasteiger partial charge in [0, 0.05) is 5.75 Å². The van der Waals surface area contributed by atoms with Crippen LogP contribution in [-0.4, -0.2) is 17.7 Å². The van der Waals surface area contributed by atoms with Crippen LogP contribution in [0.2, 0.25) is 0 Å². The van der Waals surface area contributed by atoms with Gasteiger partial charge in [0.05, 0.1) is 11.4 Å². The maximum Gasteiger partial charge on any atom is 0.235 e. The molecule has 1 aromatic carbocycles. The summed E-state index contributed by atoms with van der Waals surface area (Å²) in [7, 11) is 0. The molecule has 3 nitrogen and oxygen atoms in total. The van der Waals surface area contributed by atoms with E-state index in [0.717, 1.165) is 5.75 Å². The first-order chi connectivity index (χ1) is 7.18. The monoisotopic (exact) mass is 222 g/mol. The lowest BCUT2D eigenvalue weighted by molar-refractivity contribution is -0.119. The maximum atomic E-state index is 11.0. The topological polar surface area (TPSA) is 55.1 Å². The number of thioether (sulfide) groups is 1. The van der Waals surface area contributed by atoms with Gasteiger partial charge in [-0.2, -0.15) is 0 Å². The molecule has 3 N–H and O–H groups in total. The fraction of sp³-hybridized carbons (Fsp3) is 0.364. The third-order valence-electron chi connectivity index (χ3n) is 2.60. The molecular weight excluding hydrogens is 208 g/mol. The van der Waals surface area contributed by atoms with E-state index in [-0.39, 0.29) is 17.3 Å². The number of nitrogens with one attached hydrogen (secondary N) is 1. The lowest BCUT2D eigenvalue weighted by Crippen LogP contribution is -2.39. The Bertz CT molecular complexity index is 381. The molecule has 15 heavy (non-hydrogen) atoms. The summed E-state index contributed by atoms with van der Waals surface area (Å²) in [5.74, 6) is 0.493. The fourth-order valence-electron chi connectivity index (χ4n) is 1.70. The van der Waals surface area contributed by atoms with Crippen molar-refractivity contribution >= 4 is 17.7 Å². The number of hydrogen-bond acceptors (Lipinski definition) is 3. The van der Waals surface area contributed by atoms with Crippen LogP contribution in [0.4, 0.5) is 0 Å². The molecule has 0 aliphatic carbocycles. The minimum absolute atomic E-state index is 0.195. The van der Waals surface area contributed by atoms with Crippen molar-refractivity contribution < 1.29 is 4.79 Å². The molecule has 1 aromatic rings. The Morgan fingerprint density at radius 3 is 2.87 bits per heavy atom. The van der Waals surface area contributed by atoms with Gasteiger partial charge in [-0.25, -0.2) is 0 Å². The summed E-state index contributed by atoms with van der Waals surface area (Å²) in [6, 6.07) is 8.00. The Morgan fingerprint density at radius 2 is 2.27 bits per heavy atom. The van der Waals surface area contributed by atoms with E-state index in [1.54, 1.807) is 11.8 Å². The first-order valence-corrected chi connectivity index (χ1v) is 5.96. The van der Waals surface area contributed by atoms with Gasteiger partial charge < -0.3 is 5.73 Å². The van der Waals surface area contributed by atoms with E-state index in [9.17, 15) is 4.79 Å². The zero-order valence-corrected chi connectivity index (χ0v) is 9.38. The molecule has 1 saturated heterocycles. The van der Waals surface area contributed by atoms with Crippen LogP contribution in [0.1, 0.15) is 16.5 Å². The summed E-state index contributed by atoms with van der Waals surface area (Å²) in [5.41, 5.74) is 7.75. The first-order valence-electron chi connectivity index (χ1n) is 4.91. The lowest BCUT2D eigenvalue weighted by Gasteiger charge is -2.13. The summed E-state index contributed by atoms with van der Waals surface area (Å²) < 4.78 is 0. The van der Waals surface area contributed by atoms with Crippen molar-refractivity contribution in [2.75, 3.05) is 5.75 Å². The molecule has 2 unspecified atom stereocenters. The molecule has 0 spiro atoms. The van der Waals surface area contributed by atoms with Crippen LogP contribution in [0.25, 0.3) is 0 Å². The molecule has 0 bridgehead atoms. The standard InChI is InChI=1S/C11H14N2OS/c1-7-4-2-3-5-8(7)11-13-9(6-15-11)10(12)14/h2-5,9,11,13H,6H2,1H3,(H2,12,14). The molecule has 4 heteroatoms. The van der Waals surface area contributed by atoms with Gasteiger partial charge in [-0.05, 0) is 18.1 Å². The third kappa shape index (κ3) is 2.16. The number of aryl methyl sites for hydroxylation is 1. The molecule has 2 atom stereocenters. The Balaban J connectivity index is 2.14. The van der Waals surface area contributed by atoms with Gasteiger partial charge in [-0.1, -0.05) is 24.3 Å². The Kier molecular flexibility index (Phi) is 2.98. The Morgan fingerprint density at radius 1 is 1.53 bits per heavy atom. The van der Waals surface area contributed by atoms with Crippen molar-refractivity contribution in [3.8, 4) is 0 Å². The Labute approximate surface area is 93.4 Å². The van der Waals surface area contributed by atoms with Gasteiger partial charge in [0.2, 0.25) is 5.91 Å². The van der Waals surface area contributed by atoms with Crippen molar-refractivity contribution in [3.63, 3.8) is 0 Å². The van der Waals surface area contributed by atoms with E-state index in [1.165, 1.54) is 11.1 Å². The van der Waals surface area contributed by atoms with Crippen molar-refractivity contribution in [2.45, 2.75) is 18.3 Å². The van der Waals surface area contributed by atoms with Crippen LogP contribution < -0.4 is 11.1 Å². The highest BCUT2D eigenvalue weighted by atomic mass is 32.2. The number of nitrogens with two attached hydrogens (primary N) is 1. The molecular formula is C11H14N2OS. The quantitative estimate of drug-likeness (QED) is 0.790. The van der Waals surface area contributed by atoms with Gasteiger partial charge in [0.25, 0.3) is 0 Å². The molecule has 1 amide bonds. The van der Waals surface area contributed by atoms with Crippen molar-refractivity contribution in [2.24, 2.45) is 5.73 Å². The summed E-state index contributed by atoms with van der Waals surface area (Å²) in [4.78, 5) is 11.0. The zero-order valence-electron chi connectivity index (χ0n) is 8.57. The van der Waals surface area contributed by atoms with E-state index in [4.69, 9.17) is 5.73 Å². The molecule has 0 aromatic heterocycles. The van der Waals surface area contributed by atoms with Crippen LogP contribution in [0.15, 0.2) is 24.3 Å². The zero-order chi connectivity index (χ0) is 10.8. The summed E-state index contributed by atoms with van der Waals surface area (Å²) in [6.07, 6.45) is 0. The largest absolute Gasteiger partial charge is 0.368 e. The lowest BCUT2D eigenvalue weighted by atomic mass is 10.1. The SMILES string of the molecule is Cc1ccccc1C1NC(C(N)=O)CS1. The highest BCUT2D eigenvalue weighted by molar-refractivity contribution is 7.99. The summed E-state index contributed by atoms with van der Waals surface area (Å²) in [6.45, 7) is 2.08.